The minimum atomic E-state index is -3.75. The number of benzene rings is 1. The van der Waals surface area contributed by atoms with Crippen LogP contribution in [-0.2, 0) is 10.0 Å². The van der Waals surface area contributed by atoms with Crippen LogP contribution in [0.3, 0.4) is 0 Å². The van der Waals surface area contributed by atoms with E-state index in [1.165, 1.54) is 24.4 Å². The van der Waals surface area contributed by atoms with Gasteiger partial charge in [0, 0.05) is 6.07 Å². The first-order chi connectivity index (χ1) is 9.53. The molecule has 20 heavy (non-hydrogen) atoms. The lowest BCUT2D eigenvalue weighted by Crippen LogP contribution is -2.13. The molecule has 7 nitrogen and oxygen atoms in total. The Balaban J connectivity index is 2.29. The van der Waals surface area contributed by atoms with Gasteiger partial charge in [0.15, 0.2) is 5.82 Å². The molecule has 0 aliphatic rings. The predicted octanol–water partition coefficient (Wildman–Crippen LogP) is 1.49. The second kappa shape index (κ2) is 5.88. The van der Waals surface area contributed by atoms with Crippen molar-refractivity contribution >= 4 is 33.3 Å². The largest absolute Gasteiger partial charge is 0.487 e. The van der Waals surface area contributed by atoms with Crippen LogP contribution in [0.1, 0.15) is 0 Å². The molecule has 3 N–H and O–H groups in total. The highest BCUT2D eigenvalue weighted by molar-refractivity contribution is 7.92. The minimum absolute atomic E-state index is 0.0266. The Morgan fingerprint density at radius 1 is 1.50 bits per heavy atom. The van der Waals surface area contributed by atoms with E-state index >= 15 is 0 Å². The Labute approximate surface area is 120 Å². The van der Waals surface area contributed by atoms with Gasteiger partial charge in [-0.05, 0) is 12.1 Å². The summed E-state index contributed by atoms with van der Waals surface area (Å²) in [7, 11) is -3.75. The molecule has 2 rings (SSSR count). The van der Waals surface area contributed by atoms with Gasteiger partial charge in [0.2, 0.25) is 0 Å². The van der Waals surface area contributed by atoms with Crippen LogP contribution in [0.4, 0.5) is 11.5 Å². The average Bonchev–Trinajstić information content (AvgIpc) is 2.89. The van der Waals surface area contributed by atoms with Crippen molar-refractivity contribution in [3.05, 3.63) is 37.1 Å². The molecular formula is C11H12N4O3S2. The van der Waals surface area contributed by atoms with Crippen molar-refractivity contribution < 1.29 is 13.2 Å². The van der Waals surface area contributed by atoms with E-state index in [2.05, 4.69) is 20.0 Å². The Hall–Kier alpha value is -2.13. The Morgan fingerprint density at radius 3 is 2.95 bits per heavy atom. The summed E-state index contributed by atoms with van der Waals surface area (Å²) in [5.74, 6) is 0.449. The average molecular weight is 312 g/mol. The van der Waals surface area contributed by atoms with Crippen LogP contribution in [0.15, 0.2) is 41.9 Å². The standard InChI is InChI=1S/C11H12N4O3S2/c1-2-5-18-10-6-8(3-4-9(10)12)20(16,17)15-11-7-13-19-14-11/h2-4,6-7H,1,5,12H2,(H,14,15). The lowest BCUT2D eigenvalue weighted by atomic mass is 10.3. The van der Waals surface area contributed by atoms with Crippen LogP contribution >= 0.6 is 11.7 Å². The fourth-order valence-corrected chi connectivity index (χ4v) is 2.80. The second-order valence-electron chi connectivity index (χ2n) is 3.70. The maximum atomic E-state index is 12.1. The predicted molar refractivity (Wildman–Crippen MR) is 77.3 cm³/mol. The minimum Gasteiger partial charge on any atom is -0.487 e. The molecule has 0 unspecified atom stereocenters. The summed E-state index contributed by atoms with van der Waals surface area (Å²) in [6, 6.07) is 4.20. The summed E-state index contributed by atoms with van der Waals surface area (Å²) in [6.07, 6.45) is 2.87. The van der Waals surface area contributed by atoms with Gasteiger partial charge in [0.25, 0.3) is 10.0 Å². The molecule has 1 aromatic heterocycles. The Bertz CT molecular complexity index is 698. The number of ether oxygens (including phenoxy) is 1. The highest BCUT2D eigenvalue weighted by atomic mass is 32.2. The van der Waals surface area contributed by atoms with Crippen LogP contribution in [0.2, 0.25) is 0 Å². The van der Waals surface area contributed by atoms with E-state index in [0.29, 0.717) is 5.69 Å². The SMILES string of the molecule is C=CCOc1cc(S(=O)(=O)Nc2cnsn2)ccc1N. The third-order valence-corrected chi connectivity index (χ3v) is 4.08. The number of nitrogens with one attached hydrogen (secondary N) is 1. The molecule has 0 aliphatic heterocycles. The van der Waals surface area contributed by atoms with Crippen molar-refractivity contribution in [2.24, 2.45) is 0 Å². The van der Waals surface area contributed by atoms with E-state index in [0.717, 1.165) is 11.7 Å². The van der Waals surface area contributed by atoms with Crippen LogP contribution in [0.25, 0.3) is 0 Å². The van der Waals surface area contributed by atoms with E-state index in [4.69, 9.17) is 10.5 Å². The van der Waals surface area contributed by atoms with Crippen LogP contribution in [0, 0.1) is 0 Å². The molecule has 1 heterocycles. The Morgan fingerprint density at radius 2 is 2.30 bits per heavy atom. The number of aromatic nitrogens is 2. The first-order valence-electron chi connectivity index (χ1n) is 5.46. The number of nitrogens with two attached hydrogens (primary N) is 1. The van der Waals surface area contributed by atoms with Crippen LogP contribution in [-0.4, -0.2) is 23.8 Å². The fourth-order valence-electron chi connectivity index (χ4n) is 1.36. The van der Waals surface area contributed by atoms with Gasteiger partial charge in [-0.2, -0.15) is 8.75 Å². The van der Waals surface area contributed by atoms with Crippen LogP contribution in [0.5, 0.6) is 5.75 Å². The first-order valence-corrected chi connectivity index (χ1v) is 7.68. The normalized spacial score (nSPS) is 11.0. The van der Waals surface area contributed by atoms with Gasteiger partial charge in [-0.15, -0.1) is 0 Å². The van der Waals surface area contributed by atoms with E-state index in [9.17, 15) is 8.42 Å². The van der Waals surface area contributed by atoms with E-state index in [1.54, 1.807) is 6.08 Å². The molecule has 0 fully saturated rings. The first kappa shape index (κ1) is 14.3. The fraction of sp³-hybridized carbons (Fsp3) is 0.0909. The molecule has 0 radical (unpaired) electrons. The summed E-state index contributed by atoms with van der Waals surface area (Å²) in [5, 5.41) is 0. The summed E-state index contributed by atoms with van der Waals surface area (Å²) in [4.78, 5) is 0.0266. The highest BCUT2D eigenvalue weighted by Gasteiger charge is 2.17. The molecular weight excluding hydrogens is 300 g/mol. The molecule has 9 heteroatoms. The molecule has 0 aliphatic carbocycles. The lowest BCUT2D eigenvalue weighted by molar-refractivity contribution is 0.364. The van der Waals surface area contributed by atoms with Crippen molar-refractivity contribution in [2.75, 3.05) is 17.1 Å². The zero-order valence-corrected chi connectivity index (χ0v) is 11.9. The molecule has 1 aromatic carbocycles. The molecule has 2 aromatic rings. The number of nitrogen functional groups attached to an aromatic ring is 1. The van der Waals surface area contributed by atoms with Gasteiger partial charge < -0.3 is 10.5 Å². The number of nitrogens with zero attached hydrogens (tertiary/aromatic N) is 2. The molecule has 0 amide bonds. The van der Waals surface area contributed by atoms with E-state index < -0.39 is 10.0 Å². The smallest absolute Gasteiger partial charge is 0.263 e. The number of sulfonamides is 1. The number of anilines is 2. The molecule has 0 spiro atoms. The number of rotatable bonds is 6. The van der Waals surface area contributed by atoms with Gasteiger partial charge in [-0.1, -0.05) is 12.7 Å². The molecule has 0 saturated heterocycles. The zero-order chi connectivity index (χ0) is 14.6. The highest BCUT2D eigenvalue weighted by Crippen LogP contribution is 2.26. The summed E-state index contributed by atoms with van der Waals surface area (Å²) < 4.78 is 39.4. The van der Waals surface area contributed by atoms with E-state index in [-0.39, 0.29) is 23.1 Å². The maximum absolute atomic E-state index is 12.1. The van der Waals surface area contributed by atoms with E-state index in [1.807, 2.05) is 0 Å². The van der Waals surface area contributed by atoms with Crippen molar-refractivity contribution in [3.63, 3.8) is 0 Å². The molecule has 106 valence electrons. The van der Waals surface area contributed by atoms with Crippen molar-refractivity contribution in [3.8, 4) is 5.75 Å². The van der Waals surface area contributed by atoms with Crippen molar-refractivity contribution in [1.82, 2.24) is 8.75 Å². The lowest BCUT2D eigenvalue weighted by Gasteiger charge is -2.10. The topological polar surface area (TPSA) is 107 Å². The summed E-state index contributed by atoms with van der Waals surface area (Å²) in [6.45, 7) is 3.75. The summed E-state index contributed by atoms with van der Waals surface area (Å²) in [5.41, 5.74) is 6.06. The molecule has 0 bridgehead atoms. The second-order valence-corrected chi connectivity index (χ2v) is 5.94. The van der Waals surface area contributed by atoms with Gasteiger partial charge in [-0.25, -0.2) is 8.42 Å². The molecule has 0 saturated carbocycles. The summed E-state index contributed by atoms with van der Waals surface area (Å²) >= 11 is 0.909. The number of hydrogen-bond donors (Lipinski definition) is 2. The van der Waals surface area contributed by atoms with Gasteiger partial charge in [-0.3, -0.25) is 4.72 Å². The quantitative estimate of drug-likeness (QED) is 0.618. The van der Waals surface area contributed by atoms with Crippen molar-refractivity contribution in [2.45, 2.75) is 4.90 Å². The maximum Gasteiger partial charge on any atom is 0.263 e. The zero-order valence-electron chi connectivity index (χ0n) is 10.3. The number of hydrogen-bond acceptors (Lipinski definition) is 7. The Kier molecular flexibility index (Phi) is 4.20. The van der Waals surface area contributed by atoms with Crippen LogP contribution < -0.4 is 15.2 Å². The monoisotopic (exact) mass is 312 g/mol. The third-order valence-electron chi connectivity index (χ3n) is 2.25. The van der Waals surface area contributed by atoms with Crippen molar-refractivity contribution in [1.29, 1.82) is 0 Å². The van der Waals surface area contributed by atoms with Gasteiger partial charge in [0.1, 0.15) is 12.4 Å². The van der Waals surface area contributed by atoms with Gasteiger partial charge >= 0.3 is 0 Å². The van der Waals surface area contributed by atoms with Gasteiger partial charge in [0.05, 0.1) is 28.5 Å². The molecule has 0 atom stereocenters. The third kappa shape index (κ3) is 3.25.